The van der Waals surface area contributed by atoms with Gasteiger partial charge in [-0.1, -0.05) is 19.8 Å². The fraction of sp³-hybridized carbons (Fsp3) is 0.615. The van der Waals surface area contributed by atoms with Gasteiger partial charge in [0.1, 0.15) is 0 Å². The summed E-state index contributed by atoms with van der Waals surface area (Å²) in [6, 6.07) is 1.97. The zero-order valence-electron chi connectivity index (χ0n) is 9.48. The van der Waals surface area contributed by atoms with Gasteiger partial charge < -0.3 is 5.11 Å². The number of aromatic nitrogens is 1. The zero-order valence-corrected chi connectivity index (χ0v) is 9.48. The summed E-state index contributed by atoms with van der Waals surface area (Å²) in [5.74, 6) is 1.06. The first kappa shape index (κ1) is 10.6. The molecule has 0 bridgehead atoms. The summed E-state index contributed by atoms with van der Waals surface area (Å²) in [5, 5.41) is 10.3. The molecule has 2 heteroatoms. The van der Waals surface area contributed by atoms with Crippen LogP contribution in [0, 0.1) is 18.8 Å². The van der Waals surface area contributed by atoms with Gasteiger partial charge in [-0.3, -0.25) is 4.98 Å². The lowest BCUT2D eigenvalue weighted by molar-refractivity contribution is 0.0892. The third-order valence-electron chi connectivity index (χ3n) is 3.73. The van der Waals surface area contributed by atoms with Crippen molar-refractivity contribution in [1.82, 2.24) is 4.98 Å². The molecule has 15 heavy (non-hydrogen) atoms. The monoisotopic (exact) mass is 205 g/mol. The Labute approximate surface area is 91.4 Å². The Hall–Kier alpha value is -0.890. The molecule has 1 N–H and O–H groups in total. The van der Waals surface area contributed by atoms with Crippen LogP contribution >= 0.6 is 0 Å². The highest BCUT2D eigenvalue weighted by atomic mass is 16.3. The maximum absolute atomic E-state index is 10.3. The van der Waals surface area contributed by atoms with Gasteiger partial charge in [0.15, 0.2) is 0 Å². The molecule has 2 nitrogen and oxygen atoms in total. The SMILES string of the molecule is Cc1ccncc1C(O)C1CCCC1C. The molecule has 1 fully saturated rings. The first-order valence-electron chi connectivity index (χ1n) is 5.78. The van der Waals surface area contributed by atoms with Crippen LogP contribution in [0.3, 0.4) is 0 Å². The van der Waals surface area contributed by atoms with E-state index in [1.807, 2.05) is 19.2 Å². The van der Waals surface area contributed by atoms with E-state index < -0.39 is 0 Å². The molecule has 0 amide bonds. The second-order valence-electron chi connectivity index (χ2n) is 4.75. The topological polar surface area (TPSA) is 33.1 Å². The Balaban J connectivity index is 2.20. The summed E-state index contributed by atoms with van der Waals surface area (Å²) in [6.07, 6.45) is 6.92. The number of hydrogen-bond donors (Lipinski definition) is 1. The molecular weight excluding hydrogens is 186 g/mol. The molecule has 82 valence electrons. The van der Waals surface area contributed by atoms with Gasteiger partial charge in [0.25, 0.3) is 0 Å². The fourth-order valence-corrected chi connectivity index (χ4v) is 2.66. The standard InChI is InChI=1S/C13H19NO/c1-9-4-3-5-11(9)13(15)12-8-14-7-6-10(12)2/h6-9,11,13,15H,3-5H2,1-2H3. The maximum Gasteiger partial charge on any atom is 0.0838 e. The molecule has 0 aromatic carbocycles. The largest absolute Gasteiger partial charge is 0.388 e. The van der Waals surface area contributed by atoms with E-state index in [4.69, 9.17) is 0 Å². The molecular formula is C13H19NO. The smallest absolute Gasteiger partial charge is 0.0838 e. The lowest BCUT2D eigenvalue weighted by Gasteiger charge is -2.23. The number of hydrogen-bond acceptors (Lipinski definition) is 2. The first-order chi connectivity index (χ1) is 7.20. The molecule has 1 saturated carbocycles. The Morgan fingerprint density at radius 2 is 2.27 bits per heavy atom. The highest BCUT2D eigenvalue weighted by Crippen LogP contribution is 2.40. The average molecular weight is 205 g/mol. The second kappa shape index (κ2) is 4.31. The number of aliphatic hydroxyl groups is 1. The molecule has 1 aliphatic rings. The van der Waals surface area contributed by atoms with Crippen LogP contribution in [0.2, 0.25) is 0 Å². The van der Waals surface area contributed by atoms with Gasteiger partial charge in [-0.2, -0.15) is 0 Å². The van der Waals surface area contributed by atoms with Gasteiger partial charge in [0.2, 0.25) is 0 Å². The predicted molar refractivity (Wildman–Crippen MR) is 60.4 cm³/mol. The first-order valence-corrected chi connectivity index (χ1v) is 5.78. The van der Waals surface area contributed by atoms with Gasteiger partial charge in [0, 0.05) is 18.0 Å². The Morgan fingerprint density at radius 1 is 1.47 bits per heavy atom. The molecule has 3 unspecified atom stereocenters. The van der Waals surface area contributed by atoms with Gasteiger partial charge in [-0.25, -0.2) is 0 Å². The number of aliphatic hydroxyl groups excluding tert-OH is 1. The van der Waals surface area contributed by atoms with E-state index in [1.54, 1.807) is 6.20 Å². The van der Waals surface area contributed by atoms with E-state index in [2.05, 4.69) is 11.9 Å². The summed E-state index contributed by atoms with van der Waals surface area (Å²) in [6.45, 7) is 4.28. The quantitative estimate of drug-likeness (QED) is 0.805. The summed E-state index contributed by atoms with van der Waals surface area (Å²) >= 11 is 0. The lowest BCUT2D eigenvalue weighted by atomic mass is 9.87. The summed E-state index contributed by atoms with van der Waals surface area (Å²) in [7, 11) is 0. The van der Waals surface area contributed by atoms with E-state index in [0.717, 1.165) is 17.5 Å². The number of rotatable bonds is 2. The van der Waals surface area contributed by atoms with Crippen LogP contribution in [-0.4, -0.2) is 10.1 Å². The Kier molecular flexibility index (Phi) is 3.06. The predicted octanol–water partition coefficient (Wildman–Crippen LogP) is 2.86. The molecule has 3 atom stereocenters. The summed E-state index contributed by atoms with van der Waals surface area (Å²) in [5.41, 5.74) is 2.16. The number of nitrogens with zero attached hydrogens (tertiary/aromatic N) is 1. The summed E-state index contributed by atoms with van der Waals surface area (Å²) in [4.78, 5) is 4.10. The number of pyridine rings is 1. The molecule has 1 aromatic rings. The minimum Gasteiger partial charge on any atom is -0.388 e. The van der Waals surface area contributed by atoms with Crippen molar-refractivity contribution < 1.29 is 5.11 Å². The lowest BCUT2D eigenvalue weighted by Crippen LogP contribution is -2.16. The van der Waals surface area contributed by atoms with Crippen LogP contribution in [0.4, 0.5) is 0 Å². The highest BCUT2D eigenvalue weighted by Gasteiger charge is 2.31. The van der Waals surface area contributed by atoms with Crippen molar-refractivity contribution in [2.45, 2.75) is 39.2 Å². The minimum atomic E-state index is -0.323. The Morgan fingerprint density at radius 3 is 2.87 bits per heavy atom. The molecule has 1 heterocycles. The molecule has 2 rings (SSSR count). The van der Waals surface area contributed by atoms with Crippen LogP contribution in [0.15, 0.2) is 18.5 Å². The van der Waals surface area contributed by atoms with Crippen molar-refractivity contribution in [3.8, 4) is 0 Å². The van der Waals surface area contributed by atoms with E-state index in [0.29, 0.717) is 11.8 Å². The van der Waals surface area contributed by atoms with Gasteiger partial charge in [0.05, 0.1) is 6.10 Å². The van der Waals surface area contributed by atoms with E-state index in [-0.39, 0.29) is 6.10 Å². The van der Waals surface area contributed by atoms with E-state index >= 15 is 0 Å². The van der Waals surface area contributed by atoms with Crippen molar-refractivity contribution >= 4 is 0 Å². The minimum absolute atomic E-state index is 0.323. The van der Waals surface area contributed by atoms with Gasteiger partial charge in [-0.05, 0) is 36.8 Å². The van der Waals surface area contributed by atoms with Crippen molar-refractivity contribution in [1.29, 1.82) is 0 Å². The van der Waals surface area contributed by atoms with Crippen molar-refractivity contribution in [3.05, 3.63) is 29.6 Å². The Bertz CT molecular complexity index is 337. The maximum atomic E-state index is 10.3. The molecule has 1 aromatic heterocycles. The van der Waals surface area contributed by atoms with Crippen molar-refractivity contribution in [2.24, 2.45) is 11.8 Å². The van der Waals surface area contributed by atoms with Gasteiger partial charge >= 0.3 is 0 Å². The van der Waals surface area contributed by atoms with E-state index in [9.17, 15) is 5.11 Å². The fourth-order valence-electron chi connectivity index (χ4n) is 2.66. The third-order valence-corrected chi connectivity index (χ3v) is 3.73. The zero-order chi connectivity index (χ0) is 10.8. The van der Waals surface area contributed by atoms with Crippen molar-refractivity contribution in [3.63, 3.8) is 0 Å². The highest BCUT2D eigenvalue weighted by molar-refractivity contribution is 5.24. The van der Waals surface area contributed by atoms with Crippen LogP contribution < -0.4 is 0 Å². The average Bonchev–Trinajstić information content (AvgIpc) is 2.64. The second-order valence-corrected chi connectivity index (χ2v) is 4.75. The normalized spacial score (nSPS) is 27.9. The molecule has 0 spiro atoms. The molecule has 1 aliphatic carbocycles. The van der Waals surface area contributed by atoms with Gasteiger partial charge in [-0.15, -0.1) is 0 Å². The van der Waals surface area contributed by atoms with Crippen LogP contribution in [-0.2, 0) is 0 Å². The van der Waals surface area contributed by atoms with E-state index in [1.165, 1.54) is 12.8 Å². The van der Waals surface area contributed by atoms with Crippen molar-refractivity contribution in [2.75, 3.05) is 0 Å². The van der Waals surface area contributed by atoms with Crippen LogP contribution in [0.1, 0.15) is 43.4 Å². The van der Waals surface area contributed by atoms with Crippen LogP contribution in [0.5, 0.6) is 0 Å². The third kappa shape index (κ3) is 2.05. The molecule has 0 aliphatic heterocycles. The van der Waals surface area contributed by atoms with Crippen LogP contribution in [0.25, 0.3) is 0 Å². The number of aryl methyl sites for hydroxylation is 1. The molecule has 0 saturated heterocycles. The summed E-state index contributed by atoms with van der Waals surface area (Å²) < 4.78 is 0. The molecule has 0 radical (unpaired) electrons.